The lowest BCUT2D eigenvalue weighted by molar-refractivity contribution is -0.242. The summed E-state index contributed by atoms with van der Waals surface area (Å²) in [6.45, 7) is 6.16. The summed E-state index contributed by atoms with van der Waals surface area (Å²) in [5.74, 6) is -0.767. The Hall–Kier alpha value is -2.30. The van der Waals surface area contributed by atoms with Gasteiger partial charge in [0.05, 0.1) is 24.4 Å². The van der Waals surface area contributed by atoms with Gasteiger partial charge in [-0.15, -0.1) is 0 Å². The van der Waals surface area contributed by atoms with Crippen LogP contribution in [0, 0.1) is 34.5 Å². The van der Waals surface area contributed by atoms with Gasteiger partial charge in [0.15, 0.2) is 11.7 Å². The van der Waals surface area contributed by atoms with Gasteiger partial charge < -0.3 is 28.4 Å². The zero-order chi connectivity index (χ0) is 30.3. The van der Waals surface area contributed by atoms with Crippen LogP contribution in [0.25, 0.3) is 0 Å². The lowest BCUT2D eigenvalue weighted by Gasteiger charge is -2.67. The molecule has 0 radical (unpaired) electrons. The largest absolute Gasteiger partial charge is 0.454 e. The Balaban J connectivity index is 1.46. The molecular formula is C34H45NO8. The molecule has 9 nitrogen and oxygen atoms in total. The standard InChI is InChI=1S/C34H45NO8/c1-7-35-17-32(18-38-3)14-13-23(39-4)34-22-16-33(43-19(2)36)24(40-5)15-21(26(29(34)35)27(41-6)28(32)34)25(22)30(33)42-31(37)20-11-9-8-10-12-20/h8-12,15,22-30H,7,13-14,16-18H2,1-6H3/t22-,23?,24+,25-,26+,27+,28-,29-,30-,32+,33-,34+/m1/s1. The molecule has 6 aliphatic rings. The van der Waals surface area contributed by atoms with Crippen LogP contribution < -0.4 is 0 Å². The molecule has 7 bridgehead atoms. The Kier molecular flexibility index (Phi) is 7.10. The Morgan fingerprint density at radius 1 is 1.02 bits per heavy atom. The van der Waals surface area contributed by atoms with Gasteiger partial charge in [-0.05, 0) is 43.9 Å². The molecule has 4 saturated carbocycles. The number of methoxy groups -OCH3 is 4. The molecule has 0 N–H and O–H groups in total. The maximum Gasteiger partial charge on any atom is 0.338 e. The van der Waals surface area contributed by atoms with Gasteiger partial charge in [-0.2, -0.15) is 0 Å². The number of fused-ring (bicyclic) bond motifs is 2. The highest BCUT2D eigenvalue weighted by Gasteiger charge is 2.85. The normalized spacial score (nSPS) is 45.4. The number of rotatable bonds is 9. The summed E-state index contributed by atoms with van der Waals surface area (Å²) in [6, 6.07) is 9.21. The first-order valence-corrected chi connectivity index (χ1v) is 15.8. The molecule has 43 heavy (non-hydrogen) atoms. The van der Waals surface area contributed by atoms with Crippen LogP contribution in [0.1, 0.15) is 43.5 Å². The summed E-state index contributed by atoms with van der Waals surface area (Å²) < 4.78 is 38.1. The van der Waals surface area contributed by atoms with Crippen LogP contribution in [0.3, 0.4) is 0 Å². The molecule has 5 fully saturated rings. The number of esters is 2. The van der Waals surface area contributed by atoms with Crippen molar-refractivity contribution >= 4 is 11.9 Å². The van der Waals surface area contributed by atoms with Gasteiger partial charge in [-0.25, -0.2) is 4.79 Å². The summed E-state index contributed by atoms with van der Waals surface area (Å²) in [5.41, 5.74) is 0.0802. The van der Waals surface area contributed by atoms with Crippen LogP contribution in [0.2, 0.25) is 0 Å². The van der Waals surface area contributed by atoms with E-state index in [0.717, 1.165) is 25.9 Å². The highest BCUT2D eigenvalue weighted by molar-refractivity contribution is 5.89. The molecule has 5 aliphatic carbocycles. The quantitative estimate of drug-likeness (QED) is 0.314. The van der Waals surface area contributed by atoms with Crippen molar-refractivity contribution in [2.24, 2.45) is 34.5 Å². The molecule has 0 aromatic heterocycles. The Bertz CT molecular complexity index is 1300. The number of likely N-dealkylation sites (tertiary alicyclic amines) is 1. The predicted octanol–water partition coefficient (Wildman–Crippen LogP) is 3.51. The summed E-state index contributed by atoms with van der Waals surface area (Å²) in [7, 11) is 7.13. The number of nitrogens with zero attached hydrogens (tertiary/aromatic N) is 1. The molecule has 1 saturated heterocycles. The van der Waals surface area contributed by atoms with Crippen LogP contribution in [-0.2, 0) is 33.2 Å². The lowest BCUT2D eigenvalue weighted by atomic mass is 9.44. The van der Waals surface area contributed by atoms with E-state index in [0.29, 0.717) is 18.6 Å². The number of hydrogen-bond donors (Lipinski definition) is 0. The molecule has 7 rings (SSSR count). The molecule has 1 spiro atoms. The molecular weight excluding hydrogens is 550 g/mol. The van der Waals surface area contributed by atoms with Crippen molar-refractivity contribution in [2.45, 2.75) is 69.2 Å². The van der Waals surface area contributed by atoms with Gasteiger partial charge in [0.1, 0.15) is 6.10 Å². The van der Waals surface area contributed by atoms with Crippen LogP contribution in [0.4, 0.5) is 0 Å². The molecule has 1 aromatic rings. The van der Waals surface area contributed by atoms with Crippen LogP contribution in [0.5, 0.6) is 0 Å². The highest BCUT2D eigenvalue weighted by Crippen LogP contribution is 2.78. The van der Waals surface area contributed by atoms with E-state index in [-0.39, 0.29) is 52.8 Å². The van der Waals surface area contributed by atoms with E-state index in [1.807, 2.05) is 32.4 Å². The Morgan fingerprint density at radius 2 is 1.79 bits per heavy atom. The highest BCUT2D eigenvalue weighted by atomic mass is 16.6. The van der Waals surface area contributed by atoms with Gasteiger partial charge in [0, 0.05) is 76.5 Å². The summed E-state index contributed by atoms with van der Waals surface area (Å²) in [4.78, 5) is 29.3. The van der Waals surface area contributed by atoms with E-state index in [2.05, 4.69) is 17.9 Å². The zero-order valence-corrected chi connectivity index (χ0v) is 26.1. The number of ether oxygens (including phenoxy) is 6. The fraction of sp³-hybridized carbons (Fsp3) is 0.706. The van der Waals surface area contributed by atoms with Gasteiger partial charge in [0.2, 0.25) is 0 Å². The third-order valence-corrected chi connectivity index (χ3v) is 12.4. The molecule has 1 aliphatic heterocycles. The minimum atomic E-state index is -1.16. The molecule has 12 atom stereocenters. The summed E-state index contributed by atoms with van der Waals surface area (Å²) >= 11 is 0. The van der Waals surface area contributed by atoms with Crippen molar-refractivity contribution in [3.8, 4) is 0 Å². The fourth-order valence-electron chi connectivity index (χ4n) is 11.6. The molecule has 234 valence electrons. The minimum absolute atomic E-state index is 0.00838. The number of piperidine rings is 1. The maximum absolute atomic E-state index is 13.7. The van der Waals surface area contributed by atoms with Gasteiger partial charge in [0.25, 0.3) is 0 Å². The first kappa shape index (κ1) is 29.4. The lowest BCUT2D eigenvalue weighted by Crippen LogP contribution is -2.73. The third kappa shape index (κ3) is 3.63. The van der Waals surface area contributed by atoms with Crippen molar-refractivity contribution < 1.29 is 38.0 Å². The summed E-state index contributed by atoms with van der Waals surface area (Å²) in [6.07, 6.45) is 3.23. The molecule has 9 heteroatoms. The van der Waals surface area contributed by atoms with Crippen molar-refractivity contribution in [1.82, 2.24) is 4.90 Å². The van der Waals surface area contributed by atoms with E-state index in [4.69, 9.17) is 28.4 Å². The number of benzene rings is 1. The molecule has 0 amide bonds. The second kappa shape index (κ2) is 10.4. The van der Waals surface area contributed by atoms with E-state index < -0.39 is 29.7 Å². The second-order valence-electron chi connectivity index (χ2n) is 13.7. The number of carbonyl (C=O) groups excluding carboxylic acids is 2. The Labute approximate surface area is 254 Å². The fourth-order valence-corrected chi connectivity index (χ4v) is 11.6. The summed E-state index contributed by atoms with van der Waals surface area (Å²) in [5, 5.41) is 0. The Morgan fingerprint density at radius 3 is 2.42 bits per heavy atom. The minimum Gasteiger partial charge on any atom is -0.454 e. The molecule has 1 aromatic carbocycles. The van der Waals surface area contributed by atoms with E-state index in [9.17, 15) is 9.59 Å². The number of hydrogen-bond acceptors (Lipinski definition) is 9. The van der Waals surface area contributed by atoms with E-state index >= 15 is 0 Å². The van der Waals surface area contributed by atoms with E-state index in [1.54, 1.807) is 26.4 Å². The smallest absolute Gasteiger partial charge is 0.338 e. The van der Waals surface area contributed by atoms with Gasteiger partial charge >= 0.3 is 11.9 Å². The van der Waals surface area contributed by atoms with Crippen molar-refractivity contribution in [3.05, 3.63) is 47.5 Å². The molecule has 1 heterocycles. The predicted molar refractivity (Wildman–Crippen MR) is 156 cm³/mol. The first-order chi connectivity index (χ1) is 20.8. The topological polar surface area (TPSA) is 92.8 Å². The molecule has 1 unspecified atom stereocenters. The first-order valence-electron chi connectivity index (χ1n) is 15.8. The van der Waals surface area contributed by atoms with Crippen LogP contribution in [0.15, 0.2) is 42.0 Å². The number of carbonyl (C=O) groups is 2. The second-order valence-corrected chi connectivity index (χ2v) is 13.7. The van der Waals surface area contributed by atoms with Gasteiger partial charge in [-0.3, -0.25) is 9.69 Å². The van der Waals surface area contributed by atoms with Crippen LogP contribution in [-0.4, -0.2) is 101 Å². The maximum atomic E-state index is 13.7. The van der Waals surface area contributed by atoms with Gasteiger partial charge in [-0.1, -0.05) is 36.8 Å². The average molecular weight is 596 g/mol. The van der Waals surface area contributed by atoms with E-state index in [1.165, 1.54) is 12.5 Å². The third-order valence-electron chi connectivity index (χ3n) is 12.4. The van der Waals surface area contributed by atoms with Crippen molar-refractivity contribution in [1.29, 1.82) is 0 Å². The van der Waals surface area contributed by atoms with Crippen molar-refractivity contribution in [2.75, 3.05) is 48.1 Å². The van der Waals surface area contributed by atoms with Crippen molar-refractivity contribution in [3.63, 3.8) is 0 Å². The average Bonchev–Trinajstić information content (AvgIpc) is 3.35. The SMILES string of the molecule is CCN1C[C@]2(COC)CCC(OC)[C@@]34[C@@H]5C[C@@]6(OC(C)=O)[C@@H](OC)C=C([C@H]5[C@H]6OC(=O)c5ccccc5)[C@@H]([C@H](OC)[C@H]23)[C@@H]14. The zero-order valence-electron chi connectivity index (χ0n) is 26.1. The monoisotopic (exact) mass is 595 g/mol. The van der Waals surface area contributed by atoms with Crippen LogP contribution >= 0.6 is 0 Å².